The zero-order valence-corrected chi connectivity index (χ0v) is 14.2. The van der Waals surface area contributed by atoms with Crippen LogP contribution in [0.25, 0.3) is 0 Å². The Balaban J connectivity index is 2.05. The lowest BCUT2D eigenvalue weighted by Gasteiger charge is -2.26. The van der Waals surface area contributed by atoms with Crippen molar-refractivity contribution in [2.75, 3.05) is 19.6 Å². The lowest BCUT2D eigenvalue weighted by Crippen LogP contribution is -2.35. The Kier molecular flexibility index (Phi) is 6.33. The first-order valence-electron chi connectivity index (χ1n) is 8.01. The highest BCUT2D eigenvalue weighted by Gasteiger charge is 2.26. The number of carbonyl (C=O) groups is 2. The molecule has 0 unspecified atom stereocenters. The van der Waals surface area contributed by atoms with Gasteiger partial charge in [0.05, 0.1) is 4.90 Å². The molecule has 1 aromatic rings. The lowest BCUT2D eigenvalue weighted by atomic mass is 10.2. The van der Waals surface area contributed by atoms with Crippen LogP contribution < -0.4 is 5.32 Å². The molecule has 1 saturated heterocycles. The molecule has 1 aliphatic heterocycles. The summed E-state index contributed by atoms with van der Waals surface area (Å²) in [4.78, 5) is 22.6. The summed E-state index contributed by atoms with van der Waals surface area (Å²) in [6.07, 6.45) is 3.03. The van der Waals surface area contributed by atoms with Crippen LogP contribution in [0.1, 0.15) is 42.5 Å². The van der Waals surface area contributed by atoms with E-state index in [2.05, 4.69) is 5.32 Å². The van der Waals surface area contributed by atoms with Gasteiger partial charge in [-0.1, -0.05) is 12.5 Å². The number of hydrogen-bond donors (Lipinski definition) is 2. The lowest BCUT2D eigenvalue weighted by molar-refractivity contribution is -0.137. The number of piperidine rings is 1. The van der Waals surface area contributed by atoms with E-state index in [0.717, 1.165) is 19.3 Å². The SMILES string of the molecule is O=C(O)CCCNC(=O)c1cccc(S(=O)(=O)N2CCCCC2)c1. The summed E-state index contributed by atoms with van der Waals surface area (Å²) in [5, 5.41) is 11.2. The van der Waals surface area contributed by atoms with Crippen molar-refractivity contribution >= 4 is 21.9 Å². The van der Waals surface area contributed by atoms with Crippen molar-refractivity contribution in [3.8, 4) is 0 Å². The molecular weight excluding hydrogens is 332 g/mol. The van der Waals surface area contributed by atoms with Crippen LogP contribution in [0.2, 0.25) is 0 Å². The average Bonchev–Trinajstić information content (AvgIpc) is 2.59. The zero-order valence-electron chi connectivity index (χ0n) is 13.4. The zero-order chi connectivity index (χ0) is 17.6. The van der Waals surface area contributed by atoms with Crippen LogP contribution in [-0.2, 0) is 14.8 Å². The van der Waals surface area contributed by atoms with Crippen molar-refractivity contribution in [3.63, 3.8) is 0 Å². The van der Waals surface area contributed by atoms with E-state index in [1.54, 1.807) is 12.1 Å². The molecule has 24 heavy (non-hydrogen) atoms. The molecule has 1 fully saturated rings. The summed E-state index contributed by atoms with van der Waals surface area (Å²) < 4.78 is 26.7. The van der Waals surface area contributed by atoms with Crippen molar-refractivity contribution in [3.05, 3.63) is 29.8 Å². The Bertz CT molecular complexity index is 696. The molecule has 0 radical (unpaired) electrons. The summed E-state index contributed by atoms with van der Waals surface area (Å²) in [6.45, 7) is 1.25. The summed E-state index contributed by atoms with van der Waals surface area (Å²) in [5.74, 6) is -1.32. The predicted molar refractivity (Wildman–Crippen MR) is 88.3 cm³/mol. The van der Waals surface area contributed by atoms with Crippen LogP contribution >= 0.6 is 0 Å². The number of rotatable bonds is 7. The number of sulfonamides is 1. The molecule has 1 aliphatic rings. The highest BCUT2D eigenvalue weighted by Crippen LogP contribution is 2.21. The van der Waals surface area contributed by atoms with Gasteiger partial charge in [-0.25, -0.2) is 8.42 Å². The minimum atomic E-state index is -3.58. The maximum Gasteiger partial charge on any atom is 0.303 e. The first-order chi connectivity index (χ1) is 11.4. The Morgan fingerprint density at radius 1 is 1.17 bits per heavy atom. The Labute approximate surface area is 141 Å². The van der Waals surface area contributed by atoms with Gasteiger partial charge in [-0.3, -0.25) is 9.59 Å². The Morgan fingerprint density at radius 3 is 2.54 bits per heavy atom. The molecule has 0 aromatic heterocycles. The van der Waals surface area contributed by atoms with E-state index in [0.29, 0.717) is 19.5 Å². The quantitative estimate of drug-likeness (QED) is 0.722. The van der Waals surface area contributed by atoms with Gasteiger partial charge < -0.3 is 10.4 Å². The third kappa shape index (κ3) is 4.78. The molecule has 8 heteroatoms. The largest absolute Gasteiger partial charge is 0.481 e. The first kappa shape index (κ1) is 18.4. The standard InChI is InChI=1S/C16H22N2O5S/c19-15(20)8-5-9-17-16(21)13-6-4-7-14(12-13)24(22,23)18-10-2-1-3-11-18/h4,6-7,12H,1-3,5,8-11H2,(H,17,21)(H,19,20). The number of nitrogens with one attached hydrogen (secondary N) is 1. The Hall–Kier alpha value is -1.93. The number of carboxylic acid groups (broad SMARTS) is 1. The summed E-state index contributed by atoms with van der Waals surface area (Å²) in [5.41, 5.74) is 0.253. The van der Waals surface area contributed by atoms with E-state index in [1.165, 1.54) is 16.4 Å². The fraction of sp³-hybridized carbons (Fsp3) is 0.500. The van der Waals surface area contributed by atoms with Crippen molar-refractivity contribution in [2.24, 2.45) is 0 Å². The molecule has 1 amide bonds. The molecule has 0 saturated carbocycles. The maximum atomic E-state index is 12.6. The Morgan fingerprint density at radius 2 is 1.88 bits per heavy atom. The monoisotopic (exact) mass is 354 g/mol. The van der Waals surface area contributed by atoms with Crippen LogP contribution in [0.5, 0.6) is 0 Å². The molecule has 0 bridgehead atoms. The number of carboxylic acids is 1. The van der Waals surface area contributed by atoms with Crippen LogP contribution in [0.3, 0.4) is 0 Å². The van der Waals surface area contributed by atoms with Crippen LogP contribution in [0, 0.1) is 0 Å². The normalized spacial score (nSPS) is 15.8. The van der Waals surface area contributed by atoms with Crippen molar-refractivity contribution < 1.29 is 23.1 Å². The molecule has 2 N–H and O–H groups in total. The third-order valence-corrected chi connectivity index (χ3v) is 5.80. The van der Waals surface area contributed by atoms with Crippen LogP contribution in [-0.4, -0.2) is 49.3 Å². The van der Waals surface area contributed by atoms with Crippen molar-refractivity contribution in [1.82, 2.24) is 9.62 Å². The van der Waals surface area contributed by atoms with Crippen molar-refractivity contribution in [1.29, 1.82) is 0 Å². The van der Waals surface area contributed by atoms with Gasteiger partial charge in [0.2, 0.25) is 10.0 Å². The van der Waals surface area contributed by atoms with E-state index in [4.69, 9.17) is 5.11 Å². The van der Waals surface area contributed by atoms with Gasteiger partial charge in [0.15, 0.2) is 0 Å². The van der Waals surface area contributed by atoms with Gasteiger partial charge >= 0.3 is 5.97 Å². The van der Waals surface area contributed by atoms with Gasteiger partial charge in [-0.15, -0.1) is 0 Å². The van der Waals surface area contributed by atoms with Gasteiger partial charge in [-0.05, 0) is 37.5 Å². The summed E-state index contributed by atoms with van der Waals surface area (Å²) in [6, 6.07) is 5.95. The van der Waals surface area contributed by atoms with E-state index < -0.39 is 21.9 Å². The molecule has 7 nitrogen and oxygen atoms in total. The number of hydrogen-bond acceptors (Lipinski definition) is 4. The first-order valence-corrected chi connectivity index (χ1v) is 9.45. The van der Waals surface area contributed by atoms with E-state index >= 15 is 0 Å². The van der Waals surface area contributed by atoms with Gasteiger partial charge in [0.25, 0.3) is 5.91 Å². The minimum Gasteiger partial charge on any atom is -0.481 e. The number of benzene rings is 1. The second-order valence-corrected chi connectivity index (χ2v) is 7.68. The predicted octanol–water partition coefficient (Wildman–Crippen LogP) is 1.46. The second kappa shape index (κ2) is 8.25. The van der Waals surface area contributed by atoms with E-state index in [1.807, 2.05) is 0 Å². The average molecular weight is 354 g/mol. The topological polar surface area (TPSA) is 104 Å². The van der Waals surface area contributed by atoms with Crippen LogP contribution in [0.4, 0.5) is 0 Å². The number of nitrogens with zero attached hydrogens (tertiary/aromatic N) is 1. The summed E-state index contributed by atoms with van der Waals surface area (Å²) >= 11 is 0. The highest BCUT2D eigenvalue weighted by atomic mass is 32.2. The summed E-state index contributed by atoms with van der Waals surface area (Å²) in [7, 11) is -3.58. The molecule has 0 spiro atoms. The van der Waals surface area contributed by atoms with Gasteiger partial charge in [0.1, 0.15) is 0 Å². The smallest absolute Gasteiger partial charge is 0.303 e. The molecule has 0 aliphatic carbocycles. The third-order valence-electron chi connectivity index (χ3n) is 3.90. The maximum absolute atomic E-state index is 12.6. The molecule has 1 aromatic carbocycles. The molecular formula is C16H22N2O5S. The van der Waals surface area contributed by atoms with Crippen molar-refractivity contribution in [2.45, 2.75) is 37.0 Å². The number of aliphatic carboxylic acids is 1. The van der Waals surface area contributed by atoms with E-state index in [-0.39, 0.29) is 23.4 Å². The number of carbonyl (C=O) groups excluding carboxylic acids is 1. The molecule has 132 valence electrons. The van der Waals surface area contributed by atoms with Gasteiger partial charge in [0, 0.05) is 31.6 Å². The fourth-order valence-electron chi connectivity index (χ4n) is 2.60. The highest BCUT2D eigenvalue weighted by molar-refractivity contribution is 7.89. The molecule has 1 heterocycles. The minimum absolute atomic E-state index is 0.0241. The number of amides is 1. The van der Waals surface area contributed by atoms with E-state index in [9.17, 15) is 18.0 Å². The molecule has 2 rings (SSSR count). The van der Waals surface area contributed by atoms with Gasteiger partial charge in [-0.2, -0.15) is 4.31 Å². The fourth-order valence-corrected chi connectivity index (χ4v) is 4.16. The second-order valence-electron chi connectivity index (χ2n) is 5.75. The molecule has 0 atom stereocenters. The van der Waals surface area contributed by atoms with Crippen LogP contribution in [0.15, 0.2) is 29.2 Å².